The fourth-order valence-electron chi connectivity index (χ4n) is 2.82. The molecule has 0 spiro atoms. The molecule has 10 heteroatoms. The number of nitrogens with zero attached hydrogens (tertiary/aromatic N) is 1. The molecule has 1 fully saturated rings. The van der Waals surface area contributed by atoms with Crippen LogP contribution in [-0.2, 0) is 9.59 Å². The maximum absolute atomic E-state index is 12.8. The molecule has 3 amide bonds. The van der Waals surface area contributed by atoms with Crippen molar-refractivity contribution in [1.82, 2.24) is 4.90 Å². The van der Waals surface area contributed by atoms with E-state index >= 15 is 0 Å². The average molecular weight is 463 g/mol. The Kier molecular flexibility index (Phi) is 7.09. The van der Waals surface area contributed by atoms with E-state index in [-0.39, 0.29) is 4.91 Å². The topological polar surface area (TPSA) is 94.2 Å². The van der Waals surface area contributed by atoms with E-state index in [9.17, 15) is 14.4 Å². The van der Waals surface area contributed by atoms with Crippen molar-refractivity contribution in [1.29, 1.82) is 0 Å². The number of nitrogens with one attached hydrogen (secondary N) is 1. The Morgan fingerprint density at radius 3 is 2.26 bits per heavy atom. The normalized spacial score (nSPS) is 14.7. The van der Waals surface area contributed by atoms with Crippen LogP contribution >= 0.6 is 23.4 Å². The van der Waals surface area contributed by atoms with Gasteiger partial charge in [-0.25, -0.2) is 0 Å². The molecule has 1 N–H and O–H groups in total. The number of carbonyl (C=O) groups excluding carboxylic acids is 3. The van der Waals surface area contributed by atoms with Crippen LogP contribution in [0.15, 0.2) is 41.3 Å². The summed E-state index contributed by atoms with van der Waals surface area (Å²) in [7, 11) is 4.46. The fourth-order valence-corrected chi connectivity index (χ4v) is 3.78. The van der Waals surface area contributed by atoms with Crippen LogP contribution in [0.3, 0.4) is 0 Å². The van der Waals surface area contributed by atoms with Crippen molar-refractivity contribution in [3.8, 4) is 17.2 Å². The predicted octanol–water partition coefficient (Wildman–Crippen LogP) is 4.04. The molecule has 1 saturated heterocycles. The molecule has 0 radical (unpaired) electrons. The summed E-state index contributed by atoms with van der Waals surface area (Å²) in [6.45, 7) is -0.409. The van der Waals surface area contributed by atoms with Gasteiger partial charge in [-0.15, -0.1) is 0 Å². The zero-order valence-electron chi connectivity index (χ0n) is 16.9. The Morgan fingerprint density at radius 1 is 1.03 bits per heavy atom. The monoisotopic (exact) mass is 462 g/mol. The van der Waals surface area contributed by atoms with Gasteiger partial charge in [0.05, 0.1) is 26.2 Å². The summed E-state index contributed by atoms with van der Waals surface area (Å²) in [5.74, 6) is 0.261. The highest BCUT2D eigenvalue weighted by Gasteiger charge is 2.36. The maximum atomic E-state index is 12.8. The highest BCUT2D eigenvalue weighted by Crippen LogP contribution is 2.38. The van der Waals surface area contributed by atoms with Gasteiger partial charge in [0.15, 0.2) is 11.5 Å². The van der Waals surface area contributed by atoms with Crippen molar-refractivity contribution >= 4 is 52.2 Å². The fraction of sp³-hybridized carbons (Fsp3) is 0.190. The van der Waals surface area contributed by atoms with Crippen LogP contribution in [0.1, 0.15) is 5.56 Å². The Balaban J connectivity index is 1.78. The van der Waals surface area contributed by atoms with E-state index in [4.69, 9.17) is 25.8 Å². The smallest absolute Gasteiger partial charge is 0.294 e. The number of hydrogen-bond acceptors (Lipinski definition) is 7. The highest BCUT2D eigenvalue weighted by molar-refractivity contribution is 8.18. The van der Waals surface area contributed by atoms with Gasteiger partial charge in [0, 0.05) is 22.3 Å². The largest absolute Gasteiger partial charge is 0.496 e. The van der Waals surface area contributed by atoms with Crippen LogP contribution in [0.25, 0.3) is 6.08 Å². The van der Waals surface area contributed by atoms with Gasteiger partial charge in [0.1, 0.15) is 12.3 Å². The number of thioether (sulfide) groups is 1. The number of anilines is 1. The summed E-state index contributed by atoms with van der Waals surface area (Å²) in [4.78, 5) is 38.4. The second kappa shape index (κ2) is 9.76. The Labute approximate surface area is 188 Å². The molecule has 0 atom stereocenters. The van der Waals surface area contributed by atoms with Crippen LogP contribution in [0.4, 0.5) is 10.5 Å². The number of carbonyl (C=O) groups is 3. The number of hydrogen-bond donors (Lipinski definition) is 1. The lowest BCUT2D eigenvalue weighted by Crippen LogP contribution is -2.36. The molecule has 31 heavy (non-hydrogen) atoms. The minimum atomic E-state index is -0.571. The number of benzene rings is 2. The Bertz CT molecular complexity index is 1050. The first kappa shape index (κ1) is 22.5. The van der Waals surface area contributed by atoms with Crippen molar-refractivity contribution in [2.24, 2.45) is 0 Å². The summed E-state index contributed by atoms with van der Waals surface area (Å²) in [5.41, 5.74) is 1.03. The third-order valence-electron chi connectivity index (χ3n) is 4.33. The number of imide groups is 1. The molecule has 8 nitrogen and oxygen atoms in total. The molecule has 1 heterocycles. The van der Waals surface area contributed by atoms with Crippen LogP contribution in [0.5, 0.6) is 17.2 Å². The van der Waals surface area contributed by atoms with Crippen LogP contribution in [0.2, 0.25) is 5.02 Å². The van der Waals surface area contributed by atoms with Crippen molar-refractivity contribution in [2.45, 2.75) is 0 Å². The first-order valence-corrected chi connectivity index (χ1v) is 10.2. The Hall–Kier alpha value is -3.17. The van der Waals surface area contributed by atoms with Gasteiger partial charge < -0.3 is 19.5 Å². The van der Waals surface area contributed by atoms with E-state index in [0.717, 1.165) is 16.7 Å². The van der Waals surface area contributed by atoms with E-state index < -0.39 is 23.6 Å². The molecule has 0 saturated carbocycles. The van der Waals surface area contributed by atoms with Crippen molar-refractivity contribution in [3.63, 3.8) is 0 Å². The second-order valence-corrected chi connectivity index (χ2v) is 7.70. The molecule has 1 aliphatic rings. The van der Waals surface area contributed by atoms with Crippen LogP contribution in [-0.4, -0.2) is 49.8 Å². The maximum Gasteiger partial charge on any atom is 0.294 e. The minimum absolute atomic E-state index is 0.162. The van der Waals surface area contributed by atoms with Gasteiger partial charge in [-0.2, -0.15) is 0 Å². The zero-order valence-corrected chi connectivity index (χ0v) is 18.5. The summed E-state index contributed by atoms with van der Waals surface area (Å²) in [6.07, 6.45) is 1.52. The minimum Gasteiger partial charge on any atom is -0.496 e. The molecule has 2 aromatic carbocycles. The van der Waals surface area contributed by atoms with E-state index in [0.29, 0.717) is 33.5 Å². The third kappa shape index (κ3) is 5.12. The standard InChI is InChI=1S/C21H19ClN2O6S/c1-28-15-10-17(30-3)16(29-2)8-12(15)9-18-20(26)24(21(27)31-18)11-19(25)23-14-6-4-13(22)5-7-14/h4-10H,11H2,1-3H3,(H,23,25)/b18-9+. The lowest BCUT2D eigenvalue weighted by molar-refractivity contribution is -0.127. The zero-order chi connectivity index (χ0) is 22.5. The predicted molar refractivity (Wildman–Crippen MR) is 119 cm³/mol. The summed E-state index contributed by atoms with van der Waals surface area (Å²) in [5, 5.41) is 2.61. The molecule has 0 unspecified atom stereocenters. The van der Waals surface area contributed by atoms with Gasteiger partial charge in [-0.1, -0.05) is 11.6 Å². The molecule has 2 aromatic rings. The van der Waals surface area contributed by atoms with Crippen LogP contribution < -0.4 is 19.5 Å². The van der Waals surface area contributed by atoms with E-state index in [2.05, 4.69) is 5.32 Å². The highest BCUT2D eigenvalue weighted by atomic mass is 35.5. The van der Waals surface area contributed by atoms with Gasteiger partial charge >= 0.3 is 0 Å². The molecule has 1 aliphatic heterocycles. The first-order valence-electron chi connectivity index (χ1n) is 8.97. The number of amides is 3. The quantitative estimate of drug-likeness (QED) is 0.620. The van der Waals surface area contributed by atoms with E-state index in [1.165, 1.54) is 27.4 Å². The second-order valence-electron chi connectivity index (χ2n) is 6.27. The summed E-state index contributed by atoms with van der Waals surface area (Å²) in [6, 6.07) is 9.75. The molecular weight excluding hydrogens is 444 g/mol. The lowest BCUT2D eigenvalue weighted by Gasteiger charge is -2.13. The lowest BCUT2D eigenvalue weighted by atomic mass is 10.1. The van der Waals surface area contributed by atoms with Crippen molar-refractivity contribution in [3.05, 3.63) is 51.9 Å². The van der Waals surface area contributed by atoms with Gasteiger partial charge in [0.2, 0.25) is 5.91 Å². The summed E-state index contributed by atoms with van der Waals surface area (Å²) >= 11 is 6.56. The molecule has 3 rings (SSSR count). The molecule has 0 bridgehead atoms. The van der Waals surface area contributed by atoms with Crippen molar-refractivity contribution in [2.75, 3.05) is 33.2 Å². The SMILES string of the molecule is COc1cc(OC)c(OC)cc1/C=C1/SC(=O)N(CC(=O)Nc2ccc(Cl)cc2)C1=O. The number of halogens is 1. The van der Waals surface area contributed by atoms with Gasteiger partial charge in [0.25, 0.3) is 11.1 Å². The first-order chi connectivity index (χ1) is 14.9. The molecule has 0 aromatic heterocycles. The van der Waals surface area contributed by atoms with Crippen molar-refractivity contribution < 1.29 is 28.6 Å². The summed E-state index contributed by atoms with van der Waals surface area (Å²) < 4.78 is 15.9. The third-order valence-corrected chi connectivity index (χ3v) is 5.49. The van der Waals surface area contributed by atoms with E-state index in [1.54, 1.807) is 36.4 Å². The van der Waals surface area contributed by atoms with Crippen LogP contribution in [0, 0.1) is 0 Å². The molecule has 0 aliphatic carbocycles. The average Bonchev–Trinajstić information content (AvgIpc) is 3.02. The van der Waals surface area contributed by atoms with Gasteiger partial charge in [-0.05, 0) is 48.2 Å². The Morgan fingerprint density at radius 2 is 1.65 bits per heavy atom. The van der Waals surface area contributed by atoms with E-state index in [1.807, 2.05) is 0 Å². The number of rotatable bonds is 7. The van der Waals surface area contributed by atoms with Gasteiger partial charge in [-0.3, -0.25) is 19.3 Å². The molecule has 162 valence electrons. The number of ether oxygens (including phenoxy) is 3. The molecular formula is C21H19ClN2O6S. The number of methoxy groups -OCH3 is 3.